The third kappa shape index (κ3) is 4.92. The summed E-state index contributed by atoms with van der Waals surface area (Å²) in [5.74, 6) is 0. The molecule has 0 aromatic carbocycles. The Labute approximate surface area is 91.2 Å². The number of hydrogen-bond acceptors (Lipinski definition) is 3. The molecule has 0 aliphatic rings. The topological polar surface area (TPSA) is 36.7 Å². The van der Waals surface area contributed by atoms with Crippen LogP contribution in [0.15, 0.2) is 6.58 Å². The highest BCUT2D eigenvalue weighted by Gasteiger charge is 2.00. The third-order valence-electron chi connectivity index (χ3n) is 1.11. The molecule has 14 heavy (non-hydrogen) atoms. The zero-order valence-electron chi connectivity index (χ0n) is 9.72. The van der Waals surface area contributed by atoms with Crippen molar-refractivity contribution in [2.24, 2.45) is 0 Å². The number of thiazole rings is 1. The molecule has 0 bridgehead atoms. The number of nitrogens with one attached hydrogen (secondary N) is 1. The zero-order chi connectivity index (χ0) is 11.6. The summed E-state index contributed by atoms with van der Waals surface area (Å²) >= 11 is 1.51. The zero-order valence-corrected chi connectivity index (χ0v) is 10.5. The highest BCUT2D eigenvalue weighted by Crippen LogP contribution is 2.15. The highest BCUT2D eigenvalue weighted by atomic mass is 32.1. The van der Waals surface area contributed by atoms with Crippen molar-refractivity contribution >= 4 is 23.6 Å². The standard InChI is InChI=1S/C7H8N2S.2C2H6/c1-3-6-7(4-8)10-5(2)9-6;2*1-2/h3-4,8H,1H2,2H3;2*1-2H3. The Morgan fingerprint density at radius 2 is 1.79 bits per heavy atom. The van der Waals surface area contributed by atoms with Crippen molar-refractivity contribution in [3.63, 3.8) is 0 Å². The van der Waals surface area contributed by atoms with Gasteiger partial charge in [-0.1, -0.05) is 34.3 Å². The van der Waals surface area contributed by atoms with Crippen molar-refractivity contribution in [3.05, 3.63) is 22.2 Å². The first-order chi connectivity index (χ1) is 6.77. The summed E-state index contributed by atoms with van der Waals surface area (Å²) in [6.07, 6.45) is 2.98. The lowest BCUT2D eigenvalue weighted by atomic mass is 10.4. The average Bonchev–Trinajstić information content (AvgIpc) is 2.64. The normalized spacial score (nSPS) is 7.50. The Morgan fingerprint density at radius 1 is 1.29 bits per heavy atom. The van der Waals surface area contributed by atoms with Crippen LogP contribution in [0.25, 0.3) is 6.08 Å². The van der Waals surface area contributed by atoms with E-state index in [1.54, 1.807) is 6.08 Å². The van der Waals surface area contributed by atoms with Crippen LogP contribution in [-0.4, -0.2) is 11.2 Å². The molecule has 0 unspecified atom stereocenters. The van der Waals surface area contributed by atoms with Crippen molar-refractivity contribution < 1.29 is 0 Å². The van der Waals surface area contributed by atoms with Crippen LogP contribution in [0.5, 0.6) is 0 Å². The largest absolute Gasteiger partial charge is 0.307 e. The Morgan fingerprint density at radius 3 is 2.07 bits per heavy atom. The highest BCUT2D eigenvalue weighted by molar-refractivity contribution is 7.13. The minimum Gasteiger partial charge on any atom is -0.307 e. The van der Waals surface area contributed by atoms with Gasteiger partial charge < -0.3 is 5.41 Å². The predicted molar refractivity (Wildman–Crippen MR) is 67.5 cm³/mol. The van der Waals surface area contributed by atoms with E-state index in [9.17, 15) is 0 Å². The van der Waals surface area contributed by atoms with Crippen molar-refractivity contribution in [3.8, 4) is 0 Å². The fraction of sp³-hybridized carbons (Fsp3) is 0.455. The Kier molecular flexibility index (Phi) is 11.2. The molecule has 0 amide bonds. The average molecular weight is 212 g/mol. The molecule has 0 aliphatic carbocycles. The van der Waals surface area contributed by atoms with Crippen molar-refractivity contribution in [2.45, 2.75) is 34.6 Å². The maximum atomic E-state index is 7.00. The molecule has 2 nitrogen and oxygen atoms in total. The molecule has 1 rings (SSSR count). The molecule has 1 heterocycles. The van der Waals surface area contributed by atoms with E-state index in [4.69, 9.17) is 5.41 Å². The lowest BCUT2D eigenvalue weighted by Crippen LogP contribution is -1.77. The molecule has 0 spiro atoms. The number of rotatable bonds is 2. The van der Waals surface area contributed by atoms with Gasteiger partial charge in [0.2, 0.25) is 0 Å². The Balaban J connectivity index is 0. The first-order valence-corrected chi connectivity index (χ1v) is 5.70. The predicted octanol–water partition coefficient (Wildman–Crippen LogP) is 4.14. The number of hydrogen-bond donors (Lipinski definition) is 1. The van der Waals surface area contributed by atoms with Crippen LogP contribution in [-0.2, 0) is 0 Å². The van der Waals surface area contributed by atoms with Gasteiger partial charge in [0, 0.05) is 6.21 Å². The van der Waals surface area contributed by atoms with E-state index in [0.717, 1.165) is 15.6 Å². The van der Waals surface area contributed by atoms with Gasteiger partial charge in [0.25, 0.3) is 0 Å². The number of aryl methyl sites for hydroxylation is 1. The summed E-state index contributed by atoms with van der Waals surface area (Å²) < 4.78 is 0. The minimum atomic E-state index is 0.817. The fourth-order valence-electron chi connectivity index (χ4n) is 0.709. The molecular formula is C11H20N2S. The fourth-order valence-corrected chi connectivity index (χ4v) is 1.46. The summed E-state index contributed by atoms with van der Waals surface area (Å²) in [6.45, 7) is 13.5. The van der Waals surface area contributed by atoms with Gasteiger partial charge in [-0.25, -0.2) is 4.98 Å². The van der Waals surface area contributed by atoms with Gasteiger partial charge in [0.15, 0.2) is 0 Å². The first kappa shape index (κ1) is 15.5. The van der Waals surface area contributed by atoms with Gasteiger partial charge in [0.05, 0.1) is 15.6 Å². The second-order valence-electron chi connectivity index (χ2n) is 1.83. The quantitative estimate of drug-likeness (QED) is 0.735. The van der Waals surface area contributed by atoms with Gasteiger partial charge in [0.1, 0.15) is 0 Å². The molecule has 0 aliphatic heterocycles. The second-order valence-corrected chi connectivity index (χ2v) is 3.07. The lowest BCUT2D eigenvalue weighted by Gasteiger charge is -1.81. The van der Waals surface area contributed by atoms with Gasteiger partial charge in [-0.05, 0) is 13.0 Å². The Bertz CT molecular complexity index is 239. The van der Waals surface area contributed by atoms with Crippen LogP contribution in [0.3, 0.4) is 0 Å². The van der Waals surface area contributed by atoms with Crippen molar-refractivity contribution in [1.82, 2.24) is 4.98 Å². The van der Waals surface area contributed by atoms with E-state index in [2.05, 4.69) is 11.6 Å². The SMILES string of the molecule is C=Cc1nc(C)sc1C=N.CC.CC. The van der Waals surface area contributed by atoms with Crippen LogP contribution >= 0.6 is 11.3 Å². The molecule has 0 fully saturated rings. The lowest BCUT2D eigenvalue weighted by molar-refractivity contribution is 1.27. The molecule has 0 atom stereocenters. The van der Waals surface area contributed by atoms with E-state index >= 15 is 0 Å². The minimum absolute atomic E-state index is 0.817. The van der Waals surface area contributed by atoms with Crippen LogP contribution in [0.2, 0.25) is 0 Å². The van der Waals surface area contributed by atoms with E-state index < -0.39 is 0 Å². The van der Waals surface area contributed by atoms with Crippen LogP contribution in [0.4, 0.5) is 0 Å². The molecule has 0 radical (unpaired) electrons. The van der Waals surface area contributed by atoms with E-state index in [0.29, 0.717) is 0 Å². The molecule has 80 valence electrons. The summed E-state index contributed by atoms with van der Waals surface area (Å²) in [6, 6.07) is 0. The summed E-state index contributed by atoms with van der Waals surface area (Å²) in [4.78, 5) is 5.03. The van der Waals surface area contributed by atoms with Crippen molar-refractivity contribution in [1.29, 1.82) is 5.41 Å². The summed E-state index contributed by atoms with van der Waals surface area (Å²) in [7, 11) is 0. The first-order valence-electron chi connectivity index (χ1n) is 4.88. The van der Waals surface area contributed by atoms with E-state index in [1.807, 2.05) is 34.6 Å². The molecule has 1 aromatic rings. The maximum Gasteiger partial charge on any atom is 0.0908 e. The monoisotopic (exact) mass is 212 g/mol. The molecule has 0 saturated heterocycles. The van der Waals surface area contributed by atoms with Gasteiger partial charge >= 0.3 is 0 Å². The molecule has 0 saturated carbocycles. The smallest absolute Gasteiger partial charge is 0.0908 e. The number of aromatic nitrogens is 1. The summed E-state index contributed by atoms with van der Waals surface area (Å²) in [5, 5.41) is 7.98. The molecular weight excluding hydrogens is 192 g/mol. The van der Waals surface area contributed by atoms with Crippen LogP contribution in [0.1, 0.15) is 43.3 Å². The van der Waals surface area contributed by atoms with E-state index in [1.165, 1.54) is 17.6 Å². The van der Waals surface area contributed by atoms with Crippen molar-refractivity contribution in [2.75, 3.05) is 0 Å². The van der Waals surface area contributed by atoms with Gasteiger partial charge in [-0.15, -0.1) is 11.3 Å². The van der Waals surface area contributed by atoms with Gasteiger partial charge in [-0.3, -0.25) is 0 Å². The van der Waals surface area contributed by atoms with Gasteiger partial charge in [-0.2, -0.15) is 0 Å². The third-order valence-corrected chi connectivity index (χ3v) is 2.05. The maximum absolute atomic E-state index is 7.00. The Hall–Kier alpha value is -0.960. The second kappa shape index (κ2) is 10.1. The molecule has 1 aromatic heterocycles. The molecule has 1 N–H and O–H groups in total. The van der Waals surface area contributed by atoms with Crippen LogP contribution in [0, 0.1) is 12.3 Å². The van der Waals surface area contributed by atoms with Crippen LogP contribution < -0.4 is 0 Å². The number of nitrogens with zero attached hydrogens (tertiary/aromatic N) is 1. The summed E-state index contributed by atoms with van der Waals surface area (Å²) in [5.41, 5.74) is 0.817. The van der Waals surface area contributed by atoms with E-state index in [-0.39, 0.29) is 0 Å². The molecule has 3 heteroatoms.